The van der Waals surface area contributed by atoms with E-state index in [0.717, 1.165) is 5.69 Å². The third-order valence-electron chi connectivity index (χ3n) is 4.49. The second-order valence-electron chi connectivity index (χ2n) is 6.42. The SMILES string of the molecule is Cc1c(C(=O)Nc2ccc(C=N)c(Nc3cnn(C)c3)c2)nc(Cl)c(C#N)c1C. The minimum Gasteiger partial charge on any atom is -0.352 e. The Morgan fingerprint density at radius 1 is 1.31 bits per heavy atom. The van der Waals surface area contributed by atoms with Crippen molar-refractivity contribution in [2.24, 2.45) is 7.05 Å². The van der Waals surface area contributed by atoms with Crippen LogP contribution in [0.5, 0.6) is 0 Å². The summed E-state index contributed by atoms with van der Waals surface area (Å²) in [7, 11) is 1.80. The lowest BCUT2D eigenvalue weighted by Gasteiger charge is -2.13. The molecule has 2 heterocycles. The number of carbonyl (C=O) groups is 1. The fraction of sp³-hybridized carbons (Fsp3) is 0.150. The Kier molecular flexibility index (Phi) is 5.61. The van der Waals surface area contributed by atoms with Crippen molar-refractivity contribution in [2.45, 2.75) is 13.8 Å². The van der Waals surface area contributed by atoms with E-state index < -0.39 is 5.91 Å². The summed E-state index contributed by atoms with van der Waals surface area (Å²) in [4.78, 5) is 16.9. The number of aromatic nitrogens is 3. The van der Waals surface area contributed by atoms with Gasteiger partial charge in [-0.25, -0.2) is 4.98 Å². The molecule has 3 N–H and O–H groups in total. The molecule has 29 heavy (non-hydrogen) atoms. The average molecular weight is 408 g/mol. The van der Waals surface area contributed by atoms with Crippen LogP contribution in [0.4, 0.5) is 17.1 Å². The van der Waals surface area contributed by atoms with Crippen molar-refractivity contribution < 1.29 is 4.79 Å². The highest BCUT2D eigenvalue weighted by Crippen LogP contribution is 2.26. The molecule has 2 aromatic heterocycles. The van der Waals surface area contributed by atoms with E-state index in [1.54, 1.807) is 56.2 Å². The third-order valence-corrected chi connectivity index (χ3v) is 4.76. The van der Waals surface area contributed by atoms with Gasteiger partial charge < -0.3 is 16.0 Å². The van der Waals surface area contributed by atoms with Gasteiger partial charge in [-0.2, -0.15) is 10.4 Å². The molecule has 0 fully saturated rings. The minimum atomic E-state index is -0.438. The lowest BCUT2D eigenvalue weighted by atomic mass is 10.0. The molecule has 1 amide bonds. The summed E-state index contributed by atoms with van der Waals surface area (Å²) in [5.74, 6) is -0.438. The summed E-state index contributed by atoms with van der Waals surface area (Å²) in [6.45, 7) is 3.45. The van der Waals surface area contributed by atoms with Gasteiger partial charge in [0.25, 0.3) is 5.91 Å². The number of hydrogen-bond donors (Lipinski definition) is 3. The van der Waals surface area contributed by atoms with Gasteiger partial charge in [0.2, 0.25) is 0 Å². The van der Waals surface area contributed by atoms with E-state index in [-0.39, 0.29) is 16.4 Å². The molecule has 3 rings (SSSR count). The number of halogens is 1. The Balaban J connectivity index is 1.91. The molecule has 0 aliphatic heterocycles. The molecule has 0 unspecified atom stereocenters. The van der Waals surface area contributed by atoms with E-state index in [1.807, 2.05) is 6.07 Å². The maximum absolute atomic E-state index is 12.8. The lowest BCUT2D eigenvalue weighted by molar-refractivity contribution is 0.102. The van der Waals surface area contributed by atoms with Crippen molar-refractivity contribution in [2.75, 3.05) is 10.6 Å². The number of rotatable bonds is 5. The molecule has 0 atom stereocenters. The Labute approximate surface area is 172 Å². The number of aryl methyl sites for hydroxylation is 1. The predicted molar refractivity (Wildman–Crippen MR) is 112 cm³/mol. The fourth-order valence-electron chi connectivity index (χ4n) is 2.81. The van der Waals surface area contributed by atoms with Crippen molar-refractivity contribution in [1.29, 1.82) is 10.7 Å². The number of amides is 1. The van der Waals surface area contributed by atoms with Crippen LogP contribution in [0.25, 0.3) is 0 Å². The minimum absolute atomic E-state index is 0.00108. The topological polar surface area (TPSA) is 119 Å². The largest absolute Gasteiger partial charge is 0.352 e. The number of benzene rings is 1. The van der Waals surface area contributed by atoms with Crippen molar-refractivity contribution in [3.8, 4) is 6.07 Å². The average Bonchev–Trinajstić information content (AvgIpc) is 3.10. The van der Waals surface area contributed by atoms with Gasteiger partial charge in [-0.3, -0.25) is 9.48 Å². The summed E-state index contributed by atoms with van der Waals surface area (Å²) >= 11 is 6.05. The predicted octanol–water partition coefficient (Wildman–Crippen LogP) is 3.95. The van der Waals surface area contributed by atoms with Gasteiger partial charge in [0, 0.05) is 36.4 Å². The summed E-state index contributed by atoms with van der Waals surface area (Å²) < 4.78 is 1.66. The van der Waals surface area contributed by atoms with Crippen LogP contribution < -0.4 is 10.6 Å². The maximum Gasteiger partial charge on any atom is 0.274 e. The van der Waals surface area contributed by atoms with Crippen LogP contribution in [0.1, 0.15) is 32.7 Å². The van der Waals surface area contributed by atoms with Gasteiger partial charge in [0.1, 0.15) is 16.9 Å². The highest BCUT2D eigenvalue weighted by molar-refractivity contribution is 6.31. The maximum atomic E-state index is 12.8. The van der Waals surface area contributed by atoms with Gasteiger partial charge in [0.15, 0.2) is 0 Å². The first-order valence-corrected chi connectivity index (χ1v) is 9.00. The number of nitriles is 1. The standard InChI is InChI=1S/C20H18ClN7O/c1-11-12(2)18(27-19(21)16(11)8-23)20(29)26-14-5-4-13(7-22)17(6-14)25-15-9-24-28(3)10-15/h4-7,9-10,22,25H,1-3H3,(H,26,29). The Hall–Kier alpha value is -3.70. The van der Waals surface area contributed by atoms with E-state index in [9.17, 15) is 10.1 Å². The first-order valence-electron chi connectivity index (χ1n) is 8.62. The number of hydrogen-bond acceptors (Lipinski definition) is 6. The summed E-state index contributed by atoms with van der Waals surface area (Å²) in [5.41, 5.74) is 4.20. The molecular weight excluding hydrogens is 390 g/mol. The number of pyridine rings is 1. The zero-order valence-electron chi connectivity index (χ0n) is 16.0. The molecule has 0 aliphatic rings. The van der Waals surface area contributed by atoms with Gasteiger partial charge in [0.05, 0.1) is 17.4 Å². The van der Waals surface area contributed by atoms with Crippen molar-refractivity contribution in [3.63, 3.8) is 0 Å². The Bertz CT molecular complexity index is 1160. The van der Waals surface area contributed by atoms with Crippen LogP contribution in [0.3, 0.4) is 0 Å². The molecule has 1 aromatic carbocycles. The van der Waals surface area contributed by atoms with Crippen LogP contribution in [0.15, 0.2) is 30.6 Å². The summed E-state index contributed by atoms with van der Waals surface area (Å²) in [6.07, 6.45) is 4.68. The van der Waals surface area contributed by atoms with Gasteiger partial charge >= 0.3 is 0 Å². The summed E-state index contributed by atoms with van der Waals surface area (Å²) in [5, 5.41) is 26.9. The number of nitrogens with zero attached hydrogens (tertiary/aromatic N) is 4. The van der Waals surface area contributed by atoms with E-state index in [1.165, 1.54) is 6.21 Å². The van der Waals surface area contributed by atoms with E-state index in [0.29, 0.717) is 28.1 Å². The van der Waals surface area contributed by atoms with Crippen LogP contribution >= 0.6 is 11.6 Å². The molecule has 0 spiro atoms. The first kappa shape index (κ1) is 20.0. The fourth-order valence-corrected chi connectivity index (χ4v) is 3.08. The lowest BCUT2D eigenvalue weighted by Crippen LogP contribution is -2.17. The van der Waals surface area contributed by atoms with Crippen molar-refractivity contribution in [1.82, 2.24) is 14.8 Å². The molecule has 0 bridgehead atoms. The van der Waals surface area contributed by atoms with E-state index in [4.69, 9.17) is 17.0 Å². The number of carbonyl (C=O) groups excluding carboxylic acids is 1. The van der Waals surface area contributed by atoms with Gasteiger partial charge in [-0.05, 0) is 43.2 Å². The second-order valence-corrected chi connectivity index (χ2v) is 6.77. The van der Waals surface area contributed by atoms with Gasteiger partial charge in [-0.15, -0.1) is 0 Å². The molecule has 146 valence electrons. The molecule has 0 aliphatic carbocycles. The number of nitrogens with one attached hydrogen (secondary N) is 3. The van der Waals surface area contributed by atoms with E-state index >= 15 is 0 Å². The molecular formula is C20H18ClN7O. The third kappa shape index (κ3) is 4.10. The highest BCUT2D eigenvalue weighted by atomic mass is 35.5. The highest BCUT2D eigenvalue weighted by Gasteiger charge is 2.18. The molecule has 9 heteroatoms. The monoisotopic (exact) mass is 407 g/mol. The number of anilines is 3. The molecule has 8 nitrogen and oxygen atoms in total. The molecule has 0 radical (unpaired) electrons. The van der Waals surface area contributed by atoms with Crippen molar-refractivity contribution in [3.05, 3.63) is 63.7 Å². The van der Waals surface area contributed by atoms with Crippen LogP contribution in [-0.2, 0) is 7.05 Å². The smallest absolute Gasteiger partial charge is 0.274 e. The Morgan fingerprint density at radius 3 is 2.69 bits per heavy atom. The normalized spacial score (nSPS) is 10.3. The van der Waals surface area contributed by atoms with E-state index in [2.05, 4.69) is 20.7 Å². The molecule has 0 saturated carbocycles. The Morgan fingerprint density at radius 2 is 2.07 bits per heavy atom. The van der Waals surface area contributed by atoms with Crippen LogP contribution in [-0.4, -0.2) is 26.9 Å². The molecule has 0 saturated heterocycles. The molecule has 3 aromatic rings. The first-order chi connectivity index (χ1) is 13.8. The zero-order valence-corrected chi connectivity index (χ0v) is 16.8. The van der Waals surface area contributed by atoms with Crippen LogP contribution in [0.2, 0.25) is 5.15 Å². The van der Waals surface area contributed by atoms with Crippen LogP contribution in [0, 0.1) is 30.6 Å². The van der Waals surface area contributed by atoms with Gasteiger partial charge in [-0.1, -0.05) is 11.6 Å². The summed E-state index contributed by atoms with van der Waals surface area (Å²) in [6, 6.07) is 7.14. The second kappa shape index (κ2) is 8.12. The zero-order chi connectivity index (χ0) is 21.1. The quantitative estimate of drug-likeness (QED) is 0.437. The van der Waals surface area contributed by atoms with Crippen molar-refractivity contribution >= 4 is 40.8 Å².